The molecule has 152 valence electrons. The molecule has 0 saturated heterocycles. The summed E-state index contributed by atoms with van der Waals surface area (Å²) in [6.07, 6.45) is -7.18. The van der Waals surface area contributed by atoms with Crippen molar-refractivity contribution in [2.75, 3.05) is 5.32 Å². The number of anilines is 1. The second-order valence-corrected chi connectivity index (χ2v) is 6.69. The van der Waals surface area contributed by atoms with E-state index in [1.54, 1.807) is 12.1 Å². The van der Waals surface area contributed by atoms with Gasteiger partial charge in [0.1, 0.15) is 5.69 Å². The molecule has 2 heterocycles. The number of carbonyl (C=O) groups is 1. The first kappa shape index (κ1) is 20.6. The predicted octanol–water partition coefficient (Wildman–Crippen LogP) is 5.62. The van der Waals surface area contributed by atoms with E-state index < -0.39 is 29.6 Å². The highest BCUT2D eigenvalue weighted by molar-refractivity contribution is 7.10. The van der Waals surface area contributed by atoms with Crippen molar-refractivity contribution in [1.29, 1.82) is 0 Å². The molecule has 0 radical (unpaired) electrons. The number of halogens is 6. The molecule has 4 nitrogen and oxygen atoms in total. The minimum Gasteiger partial charge on any atom is -0.323 e. The lowest BCUT2D eigenvalue weighted by Crippen LogP contribution is -2.13. The number of benzene rings is 1. The lowest BCUT2D eigenvalue weighted by molar-refractivity contribution is -0.143. The summed E-state index contributed by atoms with van der Waals surface area (Å²) in [6.45, 7) is 0. The Bertz CT molecular complexity index is 1020. The van der Waals surface area contributed by atoms with Crippen LogP contribution in [-0.4, -0.2) is 15.7 Å². The maximum absolute atomic E-state index is 13.1. The SMILES string of the molecule is O=C(/C=C/c1cccs1)Nc1ccc(-n2nc(C(F)(F)F)cc2C(F)(F)F)cc1. The average molecular weight is 431 g/mol. The summed E-state index contributed by atoms with van der Waals surface area (Å²) in [7, 11) is 0. The fraction of sp³-hybridized carbons (Fsp3) is 0.111. The zero-order valence-corrected chi connectivity index (χ0v) is 15.1. The molecule has 0 bridgehead atoms. The topological polar surface area (TPSA) is 46.9 Å². The van der Waals surface area contributed by atoms with Crippen LogP contribution in [0.25, 0.3) is 11.8 Å². The van der Waals surface area contributed by atoms with E-state index in [1.165, 1.54) is 29.5 Å². The first-order chi connectivity index (χ1) is 13.5. The van der Waals surface area contributed by atoms with Gasteiger partial charge >= 0.3 is 12.4 Å². The molecule has 3 aromatic rings. The first-order valence-corrected chi connectivity index (χ1v) is 8.79. The lowest BCUT2D eigenvalue weighted by atomic mass is 10.2. The molecule has 29 heavy (non-hydrogen) atoms. The Kier molecular flexibility index (Phi) is 5.51. The van der Waals surface area contributed by atoms with Gasteiger partial charge in [-0.15, -0.1) is 11.3 Å². The molecule has 1 amide bonds. The molecule has 0 aliphatic carbocycles. The fourth-order valence-corrected chi connectivity index (χ4v) is 2.95. The number of rotatable bonds is 4. The van der Waals surface area contributed by atoms with Gasteiger partial charge in [-0.1, -0.05) is 6.07 Å². The third kappa shape index (κ3) is 5.05. The zero-order valence-electron chi connectivity index (χ0n) is 14.3. The van der Waals surface area contributed by atoms with Gasteiger partial charge in [-0.2, -0.15) is 31.4 Å². The highest BCUT2D eigenvalue weighted by Crippen LogP contribution is 2.36. The molecule has 11 heteroatoms. The average Bonchev–Trinajstić information content (AvgIpc) is 3.29. The Morgan fingerprint density at radius 2 is 1.72 bits per heavy atom. The molecular weight excluding hydrogens is 420 g/mol. The minimum atomic E-state index is -5.03. The fourth-order valence-electron chi connectivity index (χ4n) is 2.33. The van der Waals surface area contributed by atoms with Crippen LogP contribution in [0.3, 0.4) is 0 Å². The van der Waals surface area contributed by atoms with Gasteiger partial charge < -0.3 is 5.32 Å². The van der Waals surface area contributed by atoms with Crippen LogP contribution in [-0.2, 0) is 17.1 Å². The molecule has 1 aromatic carbocycles. The summed E-state index contributed by atoms with van der Waals surface area (Å²) in [5, 5.41) is 7.38. The molecule has 0 spiro atoms. The van der Waals surface area contributed by atoms with E-state index in [0.717, 1.165) is 17.0 Å². The van der Waals surface area contributed by atoms with Crippen LogP contribution in [0, 0.1) is 0 Å². The molecule has 0 saturated carbocycles. The molecule has 2 aromatic heterocycles. The Labute approximate surface area is 164 Å². The quantitative estimate of drug-likeness (QED) is 0.430. The van der Waals surface area contributed by atoms with Gasteiger partial charge in [-0.25, -0.2) is 4.68 Å². The second kappa shape index (κ2) is 7.74. The molecule has 3 rings (SSSR count). The predicted molar refractivity (Wildman–Crippen MR) is 95.6 cm³/mol. The van der Waals surface area contributed by atoms with Crippen molar-refractivity contribution in [1.82, 2.24) is 9.78 Å². The highest BCUT2D eigenvalue weighted by Gasteiger charge is 2.42. The van der Waals surface area contributed by atoms with Gasteiger partial charge in [0.25, 0.3) is 0 Å². The highest BCUT2D eigenvalue weighted by atomic mass is 32.1. The number of carbonyl (C=O) groups excluding carboxylic acids is 1. The second-order valence-electron chi connectivity index (χ2n) is 5.71. The maximum atomic E-state index is 13.1. The standard InChI is InChI=1S/C18H11F6N3OS/c19-17(20,21)14-10-15(18(22,23)24)27(26-14)12-5-3-11(4-6-12)25-16(28)8-7-13-2-1-9-29-13/h1-10H,(H,25,28)/b8-7+. The van der Waals surface area contributed by atoms with Crippen molar-refractivity contribution in [3.05, 3.63) is 70.2 Å². The molecule has 0 aliphatic heterocycles. The molecule has 1 N–H and O–H groups in total. The van der Waals surface area contributed by atoms with Crippen molar-refractivity contribution < 1.29 is 31.1 Å². The normalized spacial score (nSPS) is 12.5. The van der Waals surface area contributed by atoms with Crippen molar-refractivity contribution >= 4 is 29.0 Å². The van der Waals surface area contributed by atoms with Crippen LogP contribution >= 0.6 is 11.3 Å². The van der Waals surface area contributed by atoms with E-state index in [0.29, 0.717) is 0 Å². The summed E-state index contributed by atoms with van der Waals surface area (Å²) in [5.74, 6) is -0.472. The number of alkyl halides is 6. The zero-order chi connectivity index (χ0) is 21.2. The number of thiophene rings is 1. The van der Waals surface area contributed by atoms with Crippen molar-refractivity contribution in [2.45, 2.75) is 12.4 Å². The van der Waals surface area contributed by atoms with E-state index in [-0.39, 0.29) is 22.1 Å². The van der Waals surface area contributed by atoms with Crippen LogP contribution < -0.4 is 5.32 Å². The summed E-state index contributed by atoms with van der Waals surface area (Å²) in [5.41, 5.74) is -3.19. The van der Waals surface area contributed by atoms with Gasteiger partial charge in [0.15, 0.2) is 5.69 Å². The number of hydrogen-bond acceptors (Lipinski definition) is 3. The summed E-state index contributed by atoms with van der Waals surface area (Å²) in [4.78, 5) is 12.7. The van der Waals surface area contributed by atoms with Crippen LogP contribution in [0.1, 0.15) is 16.3 Å². The maximum Gasteiger partial charge on any atom is 0.435 e. The van der Waals surface area contributed by atoms with E-state index in [9.17, 15) is 31.1 Å². The van der Waals surface area contributed by atoms with Crippen LogP contribution in [0.4, 0.5) is 32.0 Å². The Balaban J connectivity index is 1.81. The van der Waals surface area contributed by atoms with Gasteiger partial charge in [0.05, 0.1) is 5.69 Å². The number of nitrogens with one attached hydrogen (secondary N) is 1. The number of amides is 1. The van der Waals surface area contributed by atoms with Crippen molar-refractivity contribution in [2.24, 2.45) is 0 Å². The number of hydrogen-bond donors (Lipinski definition) is 1. The first-order valence-electron chi connectivity index (χ1n) is 7.91. The van der Waals surface area contributed by atoms with E-state index in [2.05, 4.69) is 10.4 Å². The van der Waals surface area contributed by atoms with Crippen molar-refractivity contribution in [3.8, 4) is 5.69 Å². The van der Waals surface area contributed by atoms with Gasteiger partial charge in [0.2, 0.25) is 5.91 Å². The van der Waals surface area contributed by atoms with Gasteiger partial charge in [0, 0.05) is 22.7 Å². The molecule has 0 fully saturated rings. The van der Waals surface area contributed by atoms with Crippen LogP contribution in [0.2, 0.25) is 0 Å². The van der Waals surface area contributed by atoms with Crippen LogP contribution in [0.15, 0.2) is 53.9 Å². The minimum absolute atomic E-state index is 0.0505. The third-order valence-electron chi connectivity index (χ3n) is 3.61. The Hall–Kier alpha value is -3.08. The number of nitrogens with zero attached hydrogens (tertiary/aromatic N) is 2. The lowest BCUT2D eigenvalue weighted by Gasteiger charge is -2.11. The van der Waals surface area contributed by atoms with E-state index in [4.69, 9.17) is 0 Å². The molecule has 0 unspecified atom stereocenters. The van der Waals surface area contributed by atoms with Gasteiger partial charge in [-0.05, 0) is 41.8 Å². The largest absolute Gasteiger partial charge is 0.435 e. The summed E-state index contributed by atoms with van der Waals surface area (Å²) < 4.78 is 77.8. The molecule has 0 atom stereocenters. The molecule has 0 aliphatic rings. The summed E-state index contributed by atoms with van der Waals surface area (Å²) in [6, 6.07) is 8.35. The monoisotopic (exact) mass is 431 g/mol. The Morgan fingerprint density at radius 1 is 1.03 bits per heavy atom. The third-order valence-corrected chi connectivity index (χ3v) is 4.45. The van der Waals surface area contributed by atoms with Crippen LogP contribution in [0.5, 0.6) is 0 Å². The number of aromatic nitrogens is 2. The van der Waals surface area contributed by atoms with Crippen molar-refractivity contribution in [3.63, 3.8) is 0 Å². The van der Waals surface area contributed by atoms with Gasteiger partial charge in [-0.3, -0.25) is 4.79 Å². The molecular formula is C18H11F6N3OS. The summed E-state index contributed by atoms with van der Waals surface area (Å²) >= 11 is 1.43. The Morgan fingerprint density at radius 3 is 2.28 bits per heavy atom. The van der Waals surface area contributed by atoms with E-state index >= 15 is 0 Å². The van der Waals surface area contributed by atoms with E-state index in [1.807, 2.05) is 11.4 Å². The smallest absolute Gasteiger partial charge is 0.323 e.